The molecule has 0 radical (unpaired) electrons. The van der Waals surface area contributed by atoms with Crippen LogP contribution in [0.25, 0.3) is 0 Å². The van der Waals surface area contributed by atoms with Crippen molar-refractivity contribution in [2.75, 3.05) is 0 Å². The molecule has 0 spiro atoms. The van der Waals surface area contributed by atoms with Crippen LogP contribution < -0.4 is 0 Å². The normalized spacial score (nSPS) is 11.7. The van der Waals surface area contributed by atoms with E-state index in [0.717, 1.165) is 25.7 Å². The van der Waals surface area contributed by atoms with Crippen LogP contribution in [0.15, 0.2) is 36.5 Å². The number of unbranched alkanes of at least 4 members (excludes halogenated alkanes) is 2. The fourth-order valence-electron chi connectivity index (χ4n) is 0.972. The van der Waals surface area contributed by atoms with Gasteiger partial charge in [-0.05, 0) is 25.7 Å². The zero-order chi connectivity index (χ0) is 10.5. The van der Waals surface area contributed by atoms with Crippen molar-refractivity contribution in [1.82, 2.24) is 0 Å². The second kappa shape index (κ2) is 11.7. The first-order chi connectivity index (χ1) is 6.91. The van der Waals surface area contributed by atoms with Crippen LogP contribution in [-0.2, 0) is 0 Å². The number of nitrogens with zero attached hydrogens (tertiary/aromatic N) is 1. The number of allylic oxidation sites excluding steroid dienone is 6. The summed E-state index contributed by atoms with van der Waals surface area (Å²) < 4.78 is 0. The molecule has 0 aromatic rings. The van der Waals surface area contributed by atoms with Gasteiger partial charge in [0.2, 0.25) is 0 Å². The highest BCUT2D eigenvalue weighted by atomic mass is 14.2. The SMILES string of the molecule is CC/C=C/C/C=C/C=C/CCCC#N. The van der Waals surface area contributed by atoms with Crippen molar-refractivity contribution < 1.29 is 0 Å². The van der Waals surface area contributed by atoms with Crippen LogP contribution in [0.4, 0.5) is 0 Å². The Kier molecular flexibility index (Phi) is 10.6. The molecule has 0 aliphatic heterocycles. The zero-order valence-corrected chi connectivity index (χ0v) is 8.95. The Labute approximate surface area is 87.4 Å². The van der Waals surface area contributed by atoms with Gasteiger partial charge in [-0.15, -0.1) is 0 Å². The minimum Gasteiger partial charge on any atom is -0.198 e. The molecule has 0 aromatic heterocycles. The fourth-order valence-corrected chi connectivity index (χ4v) is 0.972. The van der Waals surface area contributed by atoms with Gasteiger partial charge in [0.25, 0.3) is 0 Å². The summed E-state index contributed by atoms with van der Waals surface area (Å²) in [6.07, 6.45) is 17.4. The first-order valence-electron chi connectivity index (χ1n) is 5.25. The van der Waals surface area contributed by atoms with E-state index in [1.54, 1.807) is 0 Å². The van der Waals surface area contributed by atoms with Crippen molar-refractivity contribution in [2.24, 2.45) is 0 Å². The quantitative estimate of drug-likeness (QED) is 0.335. The molecule has 76 valence electrons. The Morgan fingerprint density at radius 1 is 1.07 bits per heavy atom. The van der Waals surface area contributed by atoms with Crippen molar-refractivity contribution in [2.45, 2.75) is 39.0 Å². The molecule has 0 atom stereocenters. The smallest absolute Gasteiger partial charge is 0.0621 e. The van der Waals surface area contributed by atoms with Crippen LogP contribution in [0, 0.1) is 11.3 Å². The zero-order valence-electron chi connectivity index (χ0n) is 8.95. The van der Waals surface area contributed by atoms with E-state index in [4.69, 9.17) is 5.26 Å². The monoisotopic (exact) mass is 189 g/mol. The predicted molar refractivity (Wildman–Crippen MR) is 61.8 cm³/mol. The molecule has 0 heterocycles. The summed E-state index contributed by atoms with van der Waals surface area (Å²) in [5.74, 6) is 0. The highest BCUT2D eigenvalue weighted by molar-refractivity contribution is 5.04. The lowest BCUT2D eigenvalue weighted by Crippen LogP contribution is -1.67. The molecule has 0 N–H and O–H groups in total. The average Bonchev–Trinajstić information content (AvgIpc) is 2.21. The summed E-state index contributed by atoms with van der Waals surface area (Å²) in [5, 5.41) is 8.29. The van der Waals surface area contributed by atoms with Crippen LogP contribution in [0.2, 0.25) is 0 Å². The molecular weight excluding hydrogens is 170 g/mol. The first kappa shape index (κ1) is 12.7. The lowest BCUT2D eigenvalue weighted by Gasteiger charge is -1.84. The number of rotatable bonds is 7. The van der Waals surface area contributed by atoms with Gasteiger partial charge in [-0.1, -0.05) is 43.4 Å². The van der Waals surface area contributed by atoms with Crippen LogP contribution in [-0.4, -0.2) is 0 Å². The molecule has 0 amide bonds. The van der Waals surface area contributed by atoms with E-state index < -0.39 is 0 Å². The minimum atomic E-state index is 0.660. The van der Waals surface area contributed by atoms with Gasteiger partial charge in [-0.25, -0.2) is 0 Å². The molecular formula is C13H19N. The predicted octanol–water partition coefficient (Wildman–Crippen LogP) is 4.15. The van der Waals surface area contributed by atoms with Crippen molar-refractivity contribution in [3.63, 3.8) is 0 Å². The van der Waals surface area contributed by atoms with Gasteiger partial charge < -0.3 is 0 Å². The Bertz CT molecular complexity index is 228. The van der Waals surface area contributed by atoms with Crippen molar-refractivity contribution in [3.8, 4) is 6.07 Å². The maximum absolute atomic E-state index is 8.29. The third-order valence-corrected chi connectivity index (χ3v) is 1.72. The summed E-state index contributed by atoms with van der Waals surface area (Å²) in [5.41, 5.74) is 0. The van der Waals surface area contributed by atoms with E-state index in [0.29, 0.717) is 6.42 Å². The van der Waals surface area contributed by atoms with Gasteiger partial charge >= 0.3 is 0 Å². The highest BCUT2D eigenvalue weighted by Crippen LogP contribution is 1.95. The van der Waals surface area contributed by atoms with Gasteiger partial charge in [0.15, 0.2) is 0 Å². The Balaban J connectivity index is 3.33. The lowest BCUT2D eigenvalue weighted by atomic mass is 10.2. The van der Waals surface area contributed by atoms with E-state index >= 15 is 0 Å². The summed E-state index contributed by atoms with van der Waals surface area (Å²) in [6.45, 7) is 2.13. The van der Waals surface area contributed by atoms with Crippen molar-refractivity contribution >= 4 is 0 Å². The third kappa shape index (κ3) is 10.7. The van der Waals surface area contributed by atoms with Crippen LogP contribution in [0.1, 0.15) is 39.0 Å². The molecule has 0 aliphatic carbocycles. The topological polar surface area (TPSA) is 23.8 Å². The van der Waals surface area contributed by atoms with Crippen molar-refractivity contribution in [3.05, 3.63) is 36.5 Å². The Morgan fingerprint density at radius 3 is 2.57 bits per heavy atom. The van der Waals surface area contributed by atoms with E-state index in [9.17, 15) is 0 Å². The Hall–Kier alpha value is -1.29. The number of nitriles is 1. The molecule has 0 rings (SSSR count). The number of hydrogen-bond acceptors (Lipinski definition) is 1. The average molecular weight is 189 g/mol. The lowest BCUT2D eigenvalue weighted by molar-refractivity contribution is 0.876. The second-order valence-corrected chi connectivity index (χ2v) is 3.02. The van der Waals surface area contributed by atoms with E-state index in [-0.39, 0.29) is 0 Å². The minimum absolute atomic E-state index is 0.660. The summed E-state index contributed by atoms with van der Waals surface area (Å²) in [4.78, 5) is 0. The highest BCUT2D eigenvalue weighted by Gasteiger charge is 1.79. The van der Waals surface area contributed by atoms with Gasteiger partial charge in [0, 0.05) is 6.42 Å². The summed E-state index contributed by atoms with van der Waals surface area (Å²) in [6, 6.07) is 2.13. The molecule has 0 unspecified atom stereocenters. The van der Waals surface area contributed by atoms with Crippen molar-refractivity contribution in [1.29, 1.82) is 5.26 Å². The third-order valence-electron chi connectivity index (χ3n) is 1.72. The van der Waals surface area contributed by atoms with Crippen LogP contribution in [0.3, 0.4) is 0 Å². The molecule has 1 nitrogen and oxygen atoms in total. The van der Waals surface area contributed by atoms with Gasteiger partial charge in [-0.3, -0.25) is 0 Å². The largest absolute Gasteiger partial charge is 0.198 e. The van der Waals surface area contributed by atoms with Gasteiger partial charge in [-0.2, -0.15) is 5.26 Å². The van der Waals surface area contributed by atoms with Crippen LogP contribution in [0.5, 0.6) is 0 Å². The maximum Gasteiger partial charge on any atom is 0.0621 e. The molecule has 1 heteroatoms. The summed E-state index contributed by atoms with van der Waals surface area (Å²) in [7, 11) is 0. The first-order valence-corrected chi connectivity index (χ1v) is 5.25. The second-order valence-electron chi connectivity index (χ2n) is 3.02. The number of hydrogen-bond donors (Lipinski definition) is 0. The standard InChI is InChI=1S/C13H19N/c1-2-3-4-5-6-7-8-9-10-11-12-13-14/h3-4,6-9H,2,5,10-12H2,1H3/b4-3+,7-6+,9-8+. The van der Waals surface area contributed by atoms with Crippen LogP contribution >= 0.6 is 0 Å². The van der Waals surface area contributed by atoms with Gasteiger partial charge in [0.1, 0.15) is 0 Å². The molecule has 0 bridgehead atoms. The Morgan fingerprint density at radius 2 is 1.86 bits per heavy atom. The molecule has 0 saturated heterocycles. The van der Waals surface area contributed by atoms with E-state index in [2.05, 4.69) is 49.4 Å². The van der Waals surface area contributed by atoms with Gasteiger partial charge in [0.05, 0.1) is 6.07 Å². The molecule has 0 saturated carbocycles. The fraction of sp³-hybridized carbons (Fsp3) is 0.462. The molecule has 0 fully saturated rings. The maximum atomic E-state index is 8.29. The molecule has 14 heavy (non-hydrogen) atoms. The van der Waals surface area contributed by atoms with E-state index in [1.165, 1.54) is 0 Å². The molecule has 0 aliphatic rings. The molecule has 0 aromatic carbocycles. The summed E-state index contributed by atoms with van der Waals surface area (Å²) >= 11 is 0. The van der Waals surface area contributed by atoms with E-state index in [1.807, 2.05) is 0 Å².